The van der Waals surface area contributed by atoms with Gasteiger partial charge < -0.3 is 10.6 Å². The number of carbonyl (C=O) groups is 2. The summed E-state index contributed by atoms with van der Waals surface area (Å²) in [6.07, 6.45) is -4.82. The SMILES string of the molecule is N#CC1=C(SCC(=O)Nc2ccc(Cl)c(C(F)(F)F)c2)NC(=O)C[C@H]1c1ccccc1F. The molecule has 1 aliphatic rings. The molecular formula is C21H14ClF4N3O2S. The molecule has 166 valence electrons. The number of benzene rings is 2. The van der Waals surface area contributed by atoms with Gasteiger partial charge in [0.25, 0.3) is 0 Å². The predicted molar refractivity (Wildman–Crippen MR) is 112 cm³/mol. The van der Waals surface area contributed by atoms with Crippen LogP contribution in [0.1, 0.15) is 23.5 Å². The highest BCUT2D eigenvalue weighted by atomic mass is 35.5. The number of anilines is 1. The Balaban J connectivity index is 1.76. The van der Waals surface area contributed by atoms with E-state index in [-0.39, 0.29) is 34.0 Å². The fraction of sp³-hybridized carbons (Fsp3) is 0.190. The quantitative estimate of drug-likeness (QED) is 0.572. The minimum Gasteiger partial charge on any atom is -0.325 e. The number of allylic oxidation sites excluding steroid dienone is 1. The van der Waals surface area contributed by atoms with Crippen molar-refractivity contribution in [3.05, 3.63) is 75.0 Å². The number of nitriles is 1. The van der Waals surface area contributed by atoms with Crippen molar-refractivity contribution in [3.63, 3.8) is 0 Å². The maximum absolute atomic E-state index is 14.2. The molecule has 2 aromatic rings. The summed E-state index contributed by atoms with van der Waals surface area (Å²) >= 11 is 6.38. The van der Waals surface area contributed by atoms with Crippen molar-refractivity contribution >= 4 is 40.9 Å². The molecular weight excluding hydrogens is 470 g/mol. The third-order valence-corrected chi connectivity index (χ3v) is 5.89. The summed E-state index contributed by atoms with van der Waals surface area (Å²) in [6, 6.07) is 10.7. The molecule has 0 radical (unpaired) electrons. The Labute approximate surface area is 189 Å². The Hall–Kier alpha value is -3.03. The lowest BCUT2D eigenvalue weighted by Crippen LogP contribution is -2.31. The molecule has 1 atom stereocenters. The Kier molecular flexibility index (Phi) is 7.11. The van der Waals surface area contributed by atoms with E-state index in [4.69, 9.17) is 11.6 Å². The summed E-state index contributed by atoms with van der Waals surface area (Å²) in [7, 11) is 0. The Morgan fingerprint density at radius 2 is 2.00 bits per heavy atom. The number of thioether (sulfide) groups is 1. The van der Waals surface area contributed by atoms with E-state index >= 15 is 0 Å². The molecule has 0 bridgehead atoms. The van der Waals surface area contributed by atoms with Crippen LogP contribution >= 0.6 is 23.4 Å². The van der Waals surface area contributed by atoms with Crippen molar-refractivity contribution in [2.75, 3.05) is 11.1 Å². The monoisotopic (exact) mass is 483 g/mol. The van der Waals surface area contributed by atoms with Gasteiger partial charge in [-0.3, -0.25) is 9.59 Å². The van der Waals surface area contributed by atoms with Gasteiger partial charge in [0.1, 0.15) is 5.82 Å². The number of carbonyl (C=O) groups excluding carboxylic acids is 2. The number of hydrogen-bond donors (Lipinski definition) is 2. The average Bonchev–Trinajstić information content (AvgIpc) is 2.72. The fourth-order valence-corrected chi connectivity index (χ4v) is 4.21. The van der Waals surface area contributed by atoms with E-state index in [9.17, 15) is 32.4 Å². The first-order chi connectivity index (χ1) is 15.1. The first-order valence-corrected chi connectivity index (χ1v) is 10.4. The highest BCUT2D eigenvalue weighted by molar-refractivity contribution is 8.03. The summed E-state index contributed by atoms with van der Waals surface area (Å²) in [5.74, 6) is -2.81. The lowest BCUT2D eigenvalue weighted by molar-refractivity contribution is -0.137. The van der Waals surface area contributed by atoms with Gasteiger partial charge in [-0.2, -0.15) is 18.4 Å². The third kappa shape index (κ3) is 5.41. The van der Waals surface area contributed by atoms with Gasteiger partial charge in [-0.25, -0.2) is 4.39 Å². The number of halogens is 5. The normalized spacial score (nSPS) is 16.4. The van der Waals surface area contributed by atoms with E-state index in [1.807, 2.05) is 6.07 Å². The second kappa shape index (κ2) is 9.63. The summed E-state index contributed by atoms with van der Waals surface area (Å²) in [4.78, 5) is 24.4. The van der Waals surface area contributed by atoms with Gasteiger partial charge in [0.05, 0.1) is 33.0 Å². The van der Waals surface area contributed by atoms with Gasteiger partial charge in [-0.1, -0.05) is 41.6 Å². The Morgan fingerprint density at radius 3 is 2.66 bits per heavy atom. The fourth-order valence-electron chi connectivity index (χ4n) is 3.11. The van der Waals surface area contributed by atoms with E-state index in [2.05, 4.69) is 10.6 Å². The van der Waals surface area contributed by atoms with Crippen LogP contribution in [-0.4, -0.2) is 17.6 Å². The largest absolute Gasteiger partial charge is 0.417 e. The summed E-state index contributed by atoms with van der Waals surface area (Å²) in [5, 5.41) is 14.0. The maximum atomic E-state index is 14.2. The number of nitrogens with zero attached hydrogens (tertiary/aromatic N) is 1. The zero-order valence-electron chi connectivity index (χ0n) is 16.1. The molecule has 2 amide bonds. The van der Waals surface area contributed by atoms with Crippen LogP contribution < -0.4 is 10.6 Å². The Morgan fingerprint density at radius 1 is 1.28 bits per heavy atom. The van der Waals surface area contributed by atoms with Crippen molar-refractivity contribution in [2.45, 2.75) is 18.5 Å². The van der Waals surface area contributed by atoms with Crippen LogP contribution in [0.25, 0.3) is 0 Å². The van der Waals surface area contributed by atoms with Gasteiger partial charge in [0.15, 0.2) is 0 Å². The van der Waals surface area contributed by atoms with Crippen molar-refractivity contribution in [2.24, 2.45) is 0 Å². The molecule has 3 rings (SSSR count). The van der Waals surface area contributed by atoms with Crippen LogP contribution in [0.4, 0.5) is 23.2 Å². The lowest BCUT2D eigenvalue weighted by atomic mass is 9.87. The minimum absolute atomic E-state index is 0.0957. The molecule has 32 heavy (non-hydrogen) atoms. The van der Waals surface area contributed by atoms with E-state index in [0.717, 1.165) is 17.8 Å². The summed E-state index contributed by atoms with van der Waals surface area (Å²) in [6.45, 7) is 0. The van der Waals surface area contributed by atoms with Crippen LogP contribution in [-0.2, 0) is 15.8 Å². The molecule has 0 unspecified atom stereocenters. The second-order valence-electron chi connectivity index (χ2n) is 6.71. The van der Waals surface area contributed by atoms with Crippen LogP contribution in [0.3, 0.4) is 0 Å². The number of hydrogen-bond acceptors (Lipinski definition) is 4. The first-order valence-electron chi connectivity index (χ1n) is 9.08. The van der Waals surface area contributed by atoms with Crippen LogP contribution in [0.2, 0.25) is 5.02 Å². The molecule has 0 aliphatic carbocycles. The van der Waals surface area contributed by atoms with Crippen molar-refractivity contribution < 1.29 is 27.2 Å². The van der Waals surface area contributed by atoms with Gasteiger partial charge in [-0.15, -0.1) is 0 Å². The number of amides is 2. The van der Waals surface area contributed by atoms with Gasteiger partial charge in [-0.05, 0) is 29.8 Å². The number of nitrogens with one attached hydrogen (secondary N) is 2. The molecule has 1 heterocycles. The third-order valence-electron chi connectivity index (χ3n) is 4.54. The lowest BCUT2D eigenvalue weighted by Gasteiger charge is -2.25. The van der Waals surface area contributed by atoms with E-state index < -0.39 is 40.3 Å². The first kappa shape index (κ1) is 23.6. The van der Waals surface area contributed by atoms with Crippen molar-refractivity contribution in [3.8, 4) is 6.07 Å². The van der Waals surface area contributed by atoms with Crippen LogP contribution in [0.5, 0.6) is 0 Å². The molecule has 5 nitrogen and oxygen atoms in total. The van der Waals surface area contributed by atoms with E-state index in [1.54, 1.807) is 6.07 Å². The average molecular weight is 484 g/mol. The van der Waals surface area contributed by atoms with Gasteiger partial charge in [0, 0.05) is 18.0 Å². The van der Waals surface area contributed by atoms with Crippen molar-refractivity contribution in [1.29, 1.82) is 5.26 Å². The minimum atomic E-state index is -4.69. The molecule has 2 aromatic carbocycles. The molecule has 0 aromatic heterocycles. The van der Waals surface area contributed by atoms with Gasteiger partial charge >= 0.3 is 6.18 Å². The number of alkyl halides is 3. The van der Waals surface area contributed by atoms with E-state index in [0.29, 0.717) is 6.07 Å². The maximum Gasteiger partial charge on any atom is 0.417 e. The molecule has 11 heteroatoms. The number of rotatable bonds is 5. The summed E-state index contributed by atoms with van der Waals surface area (Å²) in [5.41, 5.74) is -0.925. The van der Waals surface area contributed by atoms with Gasteiger partial charge in [0.2, 0.25) is 11.8 Å². The molecule has 0 fully saturated rings. The molecule has 0 spiro atoms. The second-order valence-corrected chi connectivity index (χ2v) is 8.10. The zero-order chi connectivity index (χ0) is 23.5. The highest BCUT2D eigenvalue weighted by Crippen LogP contribution is 2.38. The highest BCUT2D eigenvalue weighted by Gasteiger charge is 2.34. The Bertz CT molecular complexity index is 1140. The van der Waals surface area contributed by atoms with Crippen LogP contribution in [0.15, 0.2) is 53.1 Å². The standard InChI is InChI=1S/C21H14ClF4N3O2S/c22-16-6-5-11(7-15(16)21(24,25)26)28-19(31)10-32-20-14(9-27)13(8-18(30)29-20)12-3-1-2-4-17(12)23/h1-7,13H,8,10H2,(H,28,31)(H,29,30)/t13-/m0/s1. The predicted octanol–water partition coefficient (Wildman–Crippen LogP) is 5.21. The topological polar surface area (TPSA) is 82.0 Å². The van der Waals surface area contributed by atoms with Crippen LogP contribution in [0, 0.1) is 17.1 Å². The molecule has 0 saturated carbocycles. The molecule has 0 saturated heterocycles. The molecule has 1 aliphatic heterocycles. The van der Waals surface area contributed by atoms with Crippen molar-refractivity contribution in [1.82, 2.24) is 5.32 Å². The van der Waals surface area contributed by atoms with E-state index in [1.165, 1.54) is 24.3 Å². The zero-order valence-corrected chi connectivity index (χ0v) is 17.7. The smallest absolute Gasteiger partial charge is 0.325 e. The summed E-state index contributed by atoms with van der Waals surface area (Å²) < 4.78 is 53.1. The molecule has 2 N–H and O–H groups in total.